The Bertz CT molecular complexity index is 429. The second-order valence-electron chi connectivity index (χ2n) is 6.97. The van der Waals surface area contributed by atoms with Crippen molar-refractivity contribution in [3.8, 4) is 0 Å². The zero-order chi connectivity index (χ0) is 15.2. The molecular formula is C19H30BrN. The molecule has 0 radical (unpaired) electrons. The summed E-state index contributed by atoms with van der Waals surface area (Å²) in [5, 5.41) is 3.67. The smallest absolute Gasteiger partial charge is 0.0207 e. The first-order valence-corrected chi connectivity index (χ1v) is 9.36. The molecule has 1 aliphatic carbocycles. The number of nitrogens with one attached hydrogen (secondary N) is 1. The summed E-state index contributed by atoms with van der Waals surface area (Å²) in [5.41, 5.74) is 1.48. The van der Waals surface area contributed by atoms with Gasteiger partial charge in [0.15, 0.2) is 0 Å². The molecule has 0 amide bonds. The van der Waals surface area contributed by atoms with Crippen LogP contribution in [0.1, 0.15) is 52.0 Å². The van der Waals surface area contributed by atoms with E-state index in [2.05, 4.69) is 66.3 Å². The van der Waals surface area contributed by atoms with Gasteiger partial charge in [0.05, 0.1) is 0 Å². The Hall–Kier alpha value is -0.340. The van der Waals surface area contributed by atoms with Gasteiger partial charge in [0.2, 0.25) is 0 Å². The predicted molar refractivity (Wildman–Crippen MR) is 95.6 cm³/mol. The van der Waals surface area contributed by atoms with Gasteiger partial charge in [-0.15, -0.1) is 0 Å². The summed E-state index contributed by atoms with van der Waals surface area (Å²) in [6.07, 6.45) is 6.79. The Morgan fingerprint density at radius 1 is 1.19 bits per heavy atom. The van der Waals surface area contributed by atoms with Crippen molar-refractivity contribution in [3.63, 3.8) is 0 Å². The number of rotatable bonds is 6. The quantitative estimate of drug-likeness (QED) is 0.720. The van der Waals surface area contributed by atoms with E-state index in [9.17, 15) is 0 Å². The molecule has 0 aromatic heterocycles. The minimum Gasteiger partial charge on any atom is -0.314 e. The standard InChI is InChI=1S/C19H30BrN/c1-4-15-9-10-17(13-21-14(2)3)18(11-15)12-16-7-5-6-8-19(16)20/h5-8,14-15,17-18,21H,4,9-13H2,1-3H3. The van der Waals surface area contributed by atoms with Crippen LogP contribution in [0.25, 0.3) is 0 Å². The van der Waals surface area contributed by atoms with Gasteiger partial charge in [-0.2, -0.15) is 0 Å². The van der Waals surface area contributed by atoms with Crippen LogP contribution in [0, 0.1) is 17.8 Å². The Morgan fingerprint density at radius 2 is 1.95 bits per heavy atom. The predicted octanol–water partition coefficient (Wildman–Crippen LogP) is 5.43. The van der Waals surface area contributed by atoms with Crippen molar-refractivity contribution in [2.45, 2.75) is 58.9 Å². The number of halogens is 1. The van der Waals surface area contributed by atoms with Crippen molar-refractivity contribution >= 4 is 15.9 Å². The van der Waals surface area contributed by atoms with Gasteiger partial charge in [-0.25, -0.2) is 0 Å². The molecule has 1 nitrogen and oxygen atoms in total. The minimum atomic E-state index is 0.595. The summed E-state index contributed by atoms with van der Waals surface area (Å²) in [6.45, 7) is 8.04. The van der Waals surface area contributed by atoms with Crippen molar-refractivity contribution in [1.29, 1.82) is 0 Å². The van der Waals surface area contributed by atoms with Gasteiger partial charge in [0, 0.05) is 10.5 Å². The second-order valence-corrected chi connectivity index (χ2v) is 7.82. The Morgan fingerprint density at radius 3 is 2.62 bits per heavy atom. The third kappa shape index (κ3) is 5.10. The van der Waals surface area contributed by atoms with E-state index in [1.54, 1.807) is 0 Å². The topological polar surface area (TPSA) is 12.0 Å². The molecule has 0 aliphatic heterocycles. The lowest BCUT2D eigenvalue weighted by Crippen LogP contribution is -2.36. The van der Waals surface area contributed by atoms with Crippen LogP contribution in [-0.4, -0.2) is 12.6 Å². The first kappa shape index (κ1) is 17.0. The molecule has 1 saturated carbocycles. The molecule has 21 heavy (non-hydrogen) atoms. The van der Waals surface area contributed by atoms with Gasteiger partial charge in [-0.1, -0.05) is 67.7 Å². The van der Waals surface area contributed by atoms with Crippen molar-refractivity contribution in [1.82, 2.24) is 5.32 Å². The van der Waals surface area contributed by atoms with E-state index in [1.165, 1.54) is 48.7 Å². The van der Waals surface area contributed by atoms with Crippen molar-refractivity contribution in [3.05, 3.63) is 34.3 Å². The van der Waals surface area contributed by atoms with Crippen molar-refractivity contribution in [2.24, 2.45) is 17.8 Å². The van der Waals surface area contributed by atoms with Gasteiger partial charge in [0.1, 0.15) is 0 Å². The SMILES string of the molecule is CCC1CCC(CNC(C)C)C(Cc2ccccc2Br)C1. The maximum Gasteiger partial charge on any atom is 0.0207 e. The fraction of sp³-hybridized carbons (Fsp3) is 0.684. The highest BCUT2D eigenvalue weighted by Crippen LogP contribution is 2.38. The molecule has 0 bridgehead atoms. The molecule has 3 unspecified atom stereocenters. The normalized spacial score (nSPS) is 26.2. The Kier molecular flexibility index (Phi) is 6.75. The Labute approximate surface area is 139 Å². The highest BCUT2D eigenvalue weighted by Gasteiger charge is 2.30. The molecule has 1 aromatic rings. The zero-order valence-corrected chi connectivity index (χ0v) is 15.3. The van der Waals surface area contributed by atoms with Crippen LogP contribution >= 0.6 is 15.9 Å². The summed E-state index contributed by atoms with van der Waals surface area (Å²) >= 11 is 3.72. The molecule has 3 atom stereocenters. The van der Waals surface area contributed by atoms with Gasteiger partial charge < -0.3 is 5.32 Å². The summed E-state index contributed by atoms with van der Waals surface area (Å²) in [5.74, 6) is 2.60. The van der Waals surface area contributed by atoms with Crippen LogP contribution in [0.15, 0.2) is 28.7 Å². The summed E-state index contributed by atoms with van der Waals surface area (Å²) in [7, 11) is 0. The first-order valence-electron chi connectivity index (χ1n) is 8.56. The molecule has 1 fully saturated rings. The van der Waals surface area contributed by atoms with Crippen LogP contribution in [-0.2, 0) is 6.42 Å². The lowest BCUT2D eigenvalue weighted by atomic mass is 9.71. The van der Waals surface area contributed by atoms with Gasteiger partial charge in [-0.05, 0) is 55.2 Å². The molecule has 2 rings (SSSR count). The van der Waals surface area contributed by atoms with E-state index in [-0.39, 0.29) is 0 Å². The van der Waals surface area contributed by atoms with E-state index in [1.807, 2.05) is 0 Å². The van der Waals surface area contributed by atoms with E-state index >= 15 is 0 Å². The molecule has 0 heterocycles. The fourth-order valence-electron chi connectivity index (χ4n) is 3.65. The third-order valence-electron chi connectivity index (χ3n) is 5.05. The summed E-state index contributed by atoms with van der Waals surface area (Å²) in [4.78, 5) is 0. The van der Waals surface area contributed by atoms with E-state index < -0.39 is 0 Å². The maximum absolute atomic E-state index is 3.72. The number of hydrogen-bond donors (Lipinski definition) is 1. The monoisotopic (exact) mass is 351 g/mol. The third-order valence-corrected chi connectivity index (χ3v) is 5.83. The molecule has 118 valence electrons. The lowest BCUT2D eigenvalue weighted by molar-refractivity contribution is 0.169. The fourth-order valence-corrected chi connectivity index (χ4v) is 4.09. The maximum atomic E-state index is 3.72. The van der Waals surface area contributed by atoms with Gasteiger partial charge in [0.25, 0.3) is 0 Å². The molecule has 0 spiro atoms. The van der Waals surface area contributed by atoms with Crippen molar-refractivity contribution < 1.29 is 0 Å². The molecule has 1 aliphatic rings. The average molecular weight is 352 g/mol. The minimum absolute atomic E-state index is 0.595. The molecule has 2 heteroatoms. The number of hydrogen-bond acceptors (Lipinski definition) is 1. The van der Waals surface area contributed by atoms with Crippen LogP contribution in [0.4, 0.5) is 0 Å². The first-order chi connectivity index (χ1) is 10.1. The van der Waals surface area contributed by atoms with Crippen LogP contribution in [0.2, 0.25) is 0 Å². The van der Waals surface area contributed by atoms with E-state index in [4.69, 9.17) is 0 Å². The van der Waals surface area contributed by atoms with E-state index in [0.29, 0.717) is 6.04 Å². The van der Waals surface area contributed by atoms with Crippen LogP contribution < -0.4 is 5.32 Å². The molecular weight excluding hydrogens is 322 g/mol. The van der Waals surface area contributed by atoms with Crippen LogP contribution in [0.5, 0.6) is 0 Å². The van der Waals surface area contributed by atoms with Crippen LogP contribution in [0.3, 0.4) is 0 Å². The molecule has 1 N–H and O–H groups in total. The summed E-state index contributed by atoms with van der Waals surface area (Å²) in [6, 6.07) is 9.34. The zero-order valence-electron chi connectivity index (χ0n) is 13.7. The highest BCUT2D eigenvalue weighted by molar-refractivity contribution is 9.10. The van der Waals surface area contributed by atoms with Gasteiger partial charge >= 0.3 is 0 Å². The van der Waals surface area contributed by atoms with Crippen molar-refractivity contribution in [2.75, 3.05) is 6.54 Å². The average Bonchev–Trinajstić information content (AvgIpc) is 2.48. The van der Waals surface area contributed by atoms with Gasteiger partial charge in [-0.3, -0.25) is 0 Å². The molecule has 1 aromatic carbocycles. The second kappa shape index (κ2) is 8.33. The lowest BCUT2D eigenvalue weighted by Gasteiger charge is -2.37. The summed E-state index contributed by atoms with van der Waals surface area (Å²) < 4.78 is 1.28. The molecule has 0 saturated heterocycles. The Balaban J connectivity index is 2.04. The highest BCUT2D eigenvalue weighted by atomic mass is 79.9. The largest absolute Gasteiger partial charge is 0.314 e. The van der Waals surface area contributed by atoms with E-state index in [0.717, 1.165) is 17.8 Å². The number of benzene rings is 1.